The van der Waals surface area contributed by atoms with Crippen molar-refractivity contribution in [1.29, 1.82) is 0 Å². The van der Waals surface area contributed by atoms with Crippen LogP contribution in [0.25, 0.3) is 0 Å². The summed E-state index contributed by atoms with van der Waals surface area (Å²) in [4.78, 5) is 23.0. The molecule has 0 aliphatic carbocycles. The van der Waals surface area contributed by atoms with Crippen LogP contribution in [0.1, 0.15) is 18.4 Å². The molecule has 2 unspecified atom stereocenters. The van der Waals surface area contributed by atoms with Crippen LogP contribution in [0.4, 0.5) is 0 Å². The molecule has 1 amide bonds. The summed E-state index contributed by atoms with van der Waals surface area (Å²) in [5.41, 5.74) is 6.92. The number of halogens is 1. The standard InChI is InChI=1S/C13H19N2O3P.ClH/c14-11(9-10-5-2-1-3-6-10)13(16)15-8-4-7-12(15)19(17)18;/h1-3,5-6,11-12,19H,4,7-9,14H2,(H,17,18);1H/t11-,12?;/m1./s1. The predicted octanol–water partition coefficient (Wildman–Crippen LogP) is 1.39. The van der Waals surface area contributed by atoms with Gasteiger partial charge in [-0.05, 0) is 24.8 Å². The highest BCUT2D eigenvalue weighted by Crippen LogP contribution is 2.34. The maximum absolute atomic E-state index is 12.2. The van der Waals surface area contributed by atoms with Crippen LogP contribution in [-0.4, -0.2) is 34.1 Å². The Hall–Kier alpha value is -0.870. The van der Waals surface area contributed by atoms with Crippen LogP contribution in [0.5, 0.6) is 0 Å². The average Bonchev–Trinajstić information content (AvgIpc) is 2.88. The van der Waals surface area contributed by atoms with Gasteiger partial charge >= 0.3 is 0 Å². The normalized spacial score (nSPS) is 21.1. The van der Waals surface area contributed by atoms with Crippen LogP contribution in [0.3, 0.4) is 0 Å². The van der Waals surface area contributed by atoms with E-state index in [4.69, 9.17) is 5.73 Å². The summed E-state index contributed by atoms with van der Waals surface area (Å²) in [5.74, 6) is -0.752. The minimum absolute atomic E-state index is 0. The quantitative estimate of drug-likeness (QED) is 0.822. The Morgan fingerprint density at radius 3 is 2.70 bits per heavy atom. The van der Waals surface area contributed by atoms with Crippen molar-refractivity contribution in [2.75, 3.05) is 6.54 Å². The van der Waals surface area contributed by atoms with E-state index in [1.807, 2.05) is 30.3 Å². The molecule has 1 aliphatic heterocycles. The van der Waals surface area contributed by atoms with Gasteiger partial charge in [0.15, 0.2) is 0 Å². The second-order valence-corrected chi connectivity index (χ2v) is 6.17. The fourth-order valence-electron chi connectivity index (χ4n) is 2.46. The van der Waals surface area contributed by atoms with E-state index in [1.165, 1.54) is 4.90 Å². The highest BCUT2D eigenvalue weighted by molar-refractivity contribution is 7.38. The summed E-state index contributed by atoms with van der Waals surface area (Å²) < 4.78 is 11.2. The zero-order valence-electron chi connectivity index (χ0n) is 11.1. The lowest BCUT2D eigenvalue weighted by Crippen LogP contribution is -2.46. The Morgan fingerprint density at radius 2 is 2.10 bits per heavy atom. The first-order chi connectivity index (χ1) is 9.09. The molecule has 7 heteroatoms. The fourth-order valence-corrected chi connectivity index (χ4v) is 3.43. The third kappa shape index (κ3) is 4.06. The number of amides is 1. The second kappa shape index (κ2) is 7.79. The lowest BCUT2D eigenvalue weighted by Gasteiger charge is -2.25. The number of benzene rings is 1. The minimum Gasteiger partial charge on any atom is -0.345 e. The minimum atomic E-state index is -2.71. The molecule has 1 heterocycles. The Labute approximate surface area is 125 Å². The Bertz CT molecular complexity index is 472. The van der Waals surface area contributed by atoms with Crippen LogP contribution in [0.2, 0.25) is 0 Å². The molecule has 0 bridgehead atoms. The van der Waals surface area contributed by atoms with Crippen molar-refractivity contribution in [3.8, 4) is 0 Å². The third-order valence-electron chi connectivity index (χ3n) is 3.44. The molecule has 3 atom stereocenters. The van der Waals surface area contributed by atoms with Crippen molar-refractivity contribution in [2.45, 2.75) is 31.1 Å². The first-order valence-electron chi connectivity index (χ1n) is 6.42. The first-order valence-corrected chi connectivity index (χ1v) is 7.85. The smallest absolute Gasteiger partial charge is 0.240 e. The van der Waals surface area contributed by atoms with Crippen molar-refractivity contribution in [3.05, 3.63) is 35.9 Å². The first kappa shape index (κ1) is 17.2. The van der Waals surface area contributed by atoms with E-state index in [9.17, 15) is 14.3 Å². The molecule has 1 aromatic carbocycles. The molecule has 0 aromatic heterocycles. The summed E-state index contributed by atoms with van der Waals surface area (Å²) >= 11 is 0. The van der Waals surface area contributed by atoms with Gasteiger partial charge in [0.2, 0.25) is 13.9 Å². The van der Waals surface area contributed by atoms with Crippen LogP contribution in [0, 0.1) is 0 Å². The Kier molecular flexibility index (Phi) is 6.69. The van der Waals surface area contributed by atoms with Gasteiger partial charge in [-0.25, -0.2) is 0 Å². The van der Waals surface area contributed by atoms with E-state index in [2.05, 4.69) is 0 Å². The van der Waals surface area contributed by atoms with Gasteiger partial charge in [-0.1, -0.05) is 30.3 Å². The summed E-state index contributed by atoms with van der Waals surface area (Å²) in [7, 11) is -2.71. The van der Waals surface area contributed by atoms with Gasteiger partial charge in [0.05, 0.1) is 6.04 Å². The van der Waals surface area contributed by atoms with Gasteiger partial charge in [-0.3, -0.25) is 9.36 Å². The number of rotatable bonds is 4. The fraction of sp³-hybridized carbons (Fsp3) is 0.462. The third-order valence-corrected chi connectivity index (χ3v) is 4.61. The van der Waals surface area contributed by atoms with Crippen molar-refractivity contribution >= 4 is 26.3 Å². The van der Waals surface area contributed by atoms with Crippen molar-refractivity contribution in [2.24, 2.45) is 5.73 Å². The molecule has 2 rings (SSSR count). The zero-order chi connectivity index (χ0) is 13.8. The van der Waals surface area contributed by atoms with E-state index in [-0.39, 0.29) is 18.3 Å². The number of nitrogens with zero attached hydrogens (tertiary/aromatic N) is 1. The number of carbonyl (C=O) groups excluding carboxylic acids is 1. The van der Waals surface area contributed by atoms with Crippen LogP contribution in [0.15, 0.2) is 30.3 Å². The number of hydrogen-bond donors (Lipinski definition) is 2. The van der Waals surface area contributed by atoms with Gasteiger partial charge in [0.25, 0.3) is 0 Å². The largest absolute Gasteiger partial charge is 0.345 e. The number of nitrogens with two attached hydrogens (primary N) is 1. The van der Waals surface area contributed by atoms with Crippen LogP contribution < -0.4 is 5.73 Å². The Balaban J connectivity index is 0.00000200. The highest BCUT2D eigenvalue weighted by Gasteiger charge is 2.34. The molecule has 5 nitrogen and oxygen atoms in total. The van der Waals surface area contributed by atoms with E-state index in [0.29, 0.717) is 19.4 Å². The van der Waals surface area contributed by atoms with Crippen molar-refractivity contribution in [1.82, 2.24) is 4.90 Å². The Morgan fingerprint density at radius 1 is 1.45 bits per heavy atom. The van der Waals surface area contributed by atoms with Gasteiger partial charge in [-0.15, -0.1) is 12.4 Å². The van der Waals surface area contributed by atoms with Gasteiger partial charge in [0, 0.05) is 6.54 Å². The number of carbonyl (C=O) groups is 1. The van der Waals surface area contributed by atoms with Gasteiger partial charge in [0.1, 0.15) is 5.78 Å². The molecule has 20 heavy (non-hydrogen) atoms. The number of hydrogen-bond acceptors (Lipinski definition) is 3. The lowest BCUT2D eigenvalue weighted by molar-refractivity contribution is -0.132. The maximum atomic E-state index is 12.2. The SMILES string of the molecule is Cl.N[C@H](Cc1ccccc1)C(=O)N1CCCC1[PH](=O)O. The summed E-state index contributed by atoms with van der Waals surface area (Å²) in [6.45, 7) is 0.531. The molecular weight excluding hydrogens is 299 g/mol. The molecule has 3 N–H and O–H groups in total. The average molecular weight is 319 g/mol. The molecule has 1 saturated heterocycles. The predicted molar refractivity (Wildman–Crippen MR) is 81.3 cm³/mol. The second-order valence-electron chi connectivity index (χ2n) is 4.82. The summed E-state index contributed by atoms with van der Waals surface area (Å²) in [5, 5.41) is 0. The molecule has 0 radical (unpaired) electrons. The van der Waals surface area contributed by atoms with Gasteiger partial charge < -0.3 is 15.5 Å². The lowest BCUT2D eigenvalue weighted by atomic mass is 10.1. The molecule has 0 spiro atoms. The zero-order valence-corrected chi connectivity index (χ0v) is 12.9. The summed E-state index contributed by atoms with van der Waals surface area (Å²) in [6.07, 6.45) is 1.82. The van der Waals surface area contributed by atoms with Crippen LogP contribution in [-0.2, 0) is 15.8 Å². The molecule has 1 aliphatic rings. The van der Waals surface area contributed by atoms with Crippen LogP contribution >= 0.6 is 20.4 Å². The van der Waals surface area contributed by atoms with Crippen molar-refractivity contribution in [3.63, 3.8) is 0 Å². The molecule has 1 aromatic rings. The molecule has 0 saturated carbocycles. The van der Waals surface area contributed by atoms with E-state index < -0.39 is 19.9 Å². The van der Waals surface area contributed by atoms with Gasteiger partial charge in [-0.2, -0.15) is 0 Å². The summed E-state index contributed by atoms with van der Waals surface area (Å²) in [6, 6.07) is 8.90. The molecular formula is C13H20ClN2O3P. The molecule has 1 fully saturated rings. The van der Waals surface area contributed by atoms with E-state index in [0.717, 1.165) is 12.0 Å². The van der Waals surface area contributed by atoms with E-state index >= 15 is 0 Å². The topological polar surface area (TPSA) is 83.6 Å². The molecule has 112 valence electrons. The highest BCUT2D eigenvalue weighted by atomic mass is 35.5. The monoisotopic (exact) mass is 318 g/mol. The number of likely N-dealkylation sites (tertiary alicyclic amines) is 1. The van der Waals surface area contributed by atoms with Crippen molar-refractivity contribution < 1.29 is 14.3 Å². The maximum Gasteiger partial charge on any atom is 0.240 e. The van der Waals surface area contributed by atoms with E-state index in [1.54, 1.807) is 0 Å².